The van der Waals surface area contributed by atoms with Crippen molar-refractivity contribution in [1.82, 2.24) is 0 Å². The van der Waals surface area contributed by atoms with Gasteiger partial charge >= 0.3 is 0 Å². The van der Waals surface area contributed by atoms with Gasteiger partial charge in [-0.15, -0.1) is 0 Å². The molecule has 0 fully saturated rings. The zero-order chi connectivity index (χ0) is 12.5. The molecule has 0 N–H and O–H groups in total. The molecular weight excluding hydrogens is 208 g/mol. The molecule has 1 aromatic rings. The average molecular weight is 234 g/mol. The predicted octanol–water partition coefficient (Wildman–Crippen LogP) is 4.65. The molecule has 0 spiro atoms. The van der Waals surface area contributed by atoms with Crippen molar-refractivity contribution in [3.05, 3.63) is 34.9 Å². The van der Waals surface area contributed by atoms with Crippen LogP contribution in [0.3, 0.4) is 0 Å². The van der Waals surface area contributed by atoms with E-state index in [-0.39, 0.29) is 0 Å². The van der Waals surface area contributed by atoms with Crippen molar-refractivity contribution in [1.29, 1.82) is 0 Å². The Morgan fingerprint density at radius 3 is 2.53 bits per heavy atom. The summed E-state index contributed by atoms with van der Waals surface area (Å²) >= 11 is 0. The topological polar surface area (TPSA) is 9.23 Å². The maximum Gasteiger partial charge on any atom is 0.0718 e. The second kappa shape index (κ2) is 8.30. The van der Waals surface area contributed by atoms with Crippen molar-refractivity contribution < 1.29 is 4.74 Å². The van der Waals surface area contributed by atoms with Gasteiger partial charge in [0.2, 0.25) is 0 Å². The van der Waals surface area contributed by atoms with Gasteiger partial charge in [-0.25, -0.2) is 0 Å². The molecule has 1 nitrogen and oxygen atoms in total. The van der Waals surface area contributed by atoms with Gasteiger partial charge in [0.1, 0.15) is 0 Å². The summed E-state index contributed by atoms with van der Waals surface area (Å²) in [5.41, 5.74) is 4.23. The van der Waals surface area contributed by atoms with E-state index in [1.54, 1.807) is 7.11 Å². The Morgan fingerprint density at radius 1 is 1.06 bits per heavy atom. The van der Waals surface area contributed by atoms with E-state index < -0.39 is 0 Å². The largest absolute Gasteiger partial charge is 0.380 e. The Balaban J connectivity index is 2.48. The predicted molar refractivity (Wildman–Crippen MR) is 74.4 cm³/mol. The van der Waals surface area contributed by atoms with Crippen molar-refractivity contribution >= 4 is 0 Å². The molecule has 1 aromatic carbocycles. The summed E-state index contributed by atoms with van der Waals surface area (Å²) in [4.78, 5) is 0. The quantitative estimate of drug-likeness (QED) is 0.595. The van der Waals surface area contributed by atoms with Crippen LogP contribution in [0.15, 0.2) is 18.2 Å². The van der Waals surface area contributed by atoms with Crippen LogP contribution in [0.1, 0.15) is 55.7 Å². The Kier molecular flexibility index (Phi) is 6.95. The van der Waals surface area contributed by atoms with Gasteiger partial charge in [-0.2, -0.15) is 0 Å². The van der Waals surface area contributed by atoms with Gasteiger partial charge < -0.3 is 4.74 Å². The number of rotatable bonds is 8. The zero-order valence-corrected chi connectivity index (χ0v) is 11.6. The smallest absolute Gasteiger partial charge is 0.0718 e. The van der Waals surface area contributed by atoms with Gasteiger partial charge in [-0.05, 0) is 36.5 Å². The Bertz CT molecular complexity index is 317. The minimum absolute atomic E-state index is 0.747. The summed E-state index contributed by atoms with van der Waals surface area (Å²) in [5.74, 6) is 0. The van der Waals surface area contributed by atoms with Crippen LogP contribution in [0.4, 0.5) is 0 Å². The fraction of sp³-hybridized carbons (Fsp3) is 0.625. The van der Waals surface area contributed by atoms with E-state index in [2.05, 4.69) is 32.0 Å². The minimum Gasteiger partial charge on any atom is -0.380 e. The normalized spacial score (nSPS) is 10.8. The Morgan fingerprint density at radius 2 is 1.82 bits per heavy atom. The highest BCUT2D eigenvalue weighted by atomic mass is 16.5. The van der Waals surface area contributed by atoms with Crippen molar-refractivity contribution in [2.45, 2.75) is 59.0 Å². The monoisotopic (exact) mass is 234 g/mol. The third kappa shape index (κ3) is 4.91. The van der Waals surface area contributed by atoms with Gasteiger partial charge in [0.15, 0.2) is 0 Å². The average Bonchev–Trinajstić information content (AvgIpc) is 2.33. The molecule has 1 heteroatoms. The van der Waals surface area contributed by atoms with E-state index in [0.717, 1.165) is 6.61 Å². The van der Waals surface area contributed by atoms with Crippen LogP contribution < -0.4 is 0 Å². The summed E-state index contributed by atoms with van der Waals surface area (Å²) < 4.78 is 5.29. The molecule has 17 heavy (non-hydrogen) atoms. The molecule has 0 aliphatic heterocycles. The molecule has 0 radical (unpaired) electrons. The standard InChI is InChI=1S/C16H26O/c1-4-5-6-7-8-11-15-12-9-10-14(2)16(15)13-17-3/h9-10,12H,4-8,11,13H2,1-3H3. The summed E-state index contributed by atoms with van der Waals surface area (Å²) in [6, 6.07) is 6.59. The molecule has 0 unspecified atom stereocenters. The van der Waals surface area contributed by atoms with Gasteiger partial charge in [0.05, 0.1) is 6.61 Å². The summed E-state index contributed by atoms with van der Waals surface area (Å²) in [6.07, 6.45) is 7.93. The van der Waals surface area contributed by atoms with Crippen LogP contribution in [-0.2, 0) is 17.8 Å². The highest BCUT2D eigenvalue weighted by Gasteiger charge is 2.04. The number of unbranched alkanes of at least 4 members (excludes halogenated alkanes) is 4. The minimum atomic E-state index is 0.747. The lowest BCUT2D eigenvalue weighted by molar-refractivity contribution is 0.183. The van der Waals surface area contributed by atoms with Crippen LogP contribution in [0.2, 0.25) is 0 Å². The third-order valence-electron chi connectivity index (χ3n) is 3.35. The lowest BCUT2D eigenvalue weighted by Gasteiger charge is -2.11. The first-order chi connectivity index (χ1) is 8.29. The highest BCUT2D eigenvalue weighted by Crippen LogP contribution is 2.18. The van der Waals surface area contributed by atoms with Crippen LogP contribution >= 0.6 is 0 Å². The molecule has 0 aromatic heterocycles. The number of hydrogen-bond donors (Lipinski definition) is 0. The molecule has 0 saturated carbocycles. The summed E-state index contributed by atoms with van der Waals surface area (Å²) in [7, 11) is 1.78. The van der Waals surface area contributed by atoms with E-state index >= 15 is 0 Å². The first-order valence-corrected chi connectivity index (χ1v) is 6.86. The van der Waals surface area contributed by atoms with Crippen molar-refractivity contribution in [3.8, 4) is 0 Å². The zero-order valence-electron chi connectivity index (χ0n) is 11.6. The van der Waals surface area contributed by atoms with E-state index in [1.807, 2.05) is 0 Å². The second-order valence-electron chi connectivity index (χ2n) is 4.81. The van der Waals surface area contributed by atoms with Gasteiger partial charge in [0.25, 0.3) is 0 Å². The van der Waals surface area contributed by atoms with Gasteiger partial charge in [-0.1, -0.05) is 50.8 Å². The van der Waals surface area contributed by atoms with Gasteiger partial charge in [-0.3, -0.25) is 0 Å². The molecule has 0 aliphatic carbocycles. The van der Waals surface area contributed by atoms with E-state index in [0.29, 0.717) is 0 Å². The molecule has 0 aliphatic rings. The fourth-order valence-electron chi connectivity index (χ4n) is 2.27. The van der Waals surface area contributed by atoms with Crippen LogP contribution in [0.5, 0.6) is 0 Å². The van der Waals surface area contributed by atoms with Gasteiger partial charge in [0, 0.05) is 7.11 Å². The number of hydrogen-bond acceptors (Lipinski definition) is 1. The molecule has 96 valence electrons. The van der Waals surface area contributed by atoms with Crippen molar-refractivity contribution in [2.75, 3.05) is 7.11 Å². The van der Waals surface area contributed by atoms with E-state index in [1.165, 1.54) is 55.2 Å². The SMILES string of the molecule is CCCCCCCc1cccc(C)c1COC. The van der Waals surface area contributed by atoms with E-state index in [4.69, 9.17) is 4.74 Å². The van der Waals surface area contributed by atoms with Crippen molar-refractivity contribution in [2.24, 2.45) is 0 Å². The fourth-order valence-corrected chi connectivity index (χ4v) is 2.27. The highest BCUT2D eigenvalue weighted by molar-refractivity contribution is 5.34. The maximum atomic E-state index is 5.29. The summed E-state index contributed by atoms with van der Waals surface area (Å²) in [6.45, 7) is 5.18. The second-order valence-corrected chi connectivity index (χ2v) is 4.81. The molecule has 0 amide bonds. The Labute approximate surface area is 106 Å². The van der Waals surface area contributed by atoms with E-state index in [9.17, 15) is 0 Å². The first-order valence-electron chi connectivity index (χ1n) is 6.86. The number of aryl methyl sites for hydroxylation is 2. The van der Waals surface area contributed by atoms with Crippen molar-refractivity contribution in [3.63, 3.8) is 0 Å². The number of benzene rings is 1. The first kappa shape index (κ1) is 14.2. The molecule has 1 rings (SSSR count). The molecule has 0 heterocycles. The molecule has 0 bridgehead atoms. The number of methoxy groups -OCH3 is 1. The number of ether oxygens (including phenoxy) is 1. The molecule has 0 saturated heterocycles. The summed E-state index contributed by atoms with van der Waals surface area (Å²) in [5, 5.41) is 0. The molecule has 0 atom stereocenters. The van der Waals surface area contributed by atoms with Crippen LogP contribution in [0.25, 0.3) is 0 Å². The lowest BCUT2D eigenvalue weighted by atomic mass is 9.97. The van der Waals surface area contributed by atoms with Crippen LogP contribution in [-0.4, -0.2) is 7.11 Å². The van der Waals surface area contributed by atoms with Crippen LogP contribution in [0, 0.1) is 6.92 Å². The Hall–Kier alpha value is -0.820. The third-order valence-corrected chi connectivity index (χ3v) is 3.35. The lowest BCUT2D eigenvalue weighted by Crippen LogP contribution is -1.99. The molecular formula is C16H26O. The maximum absolute atomic E-state index is 5.29.